The number of benzene rings is 1. The normalized spacial score (nSPS) is 11.4. The Morgan fingerprint density at radius 2 is 1.45 bits per heavy atom. The van der Waals surface area contributed by atoms with Gasteiger partial charge in [0.15, 0.2) is 0 Å². The van der Waals surface area contributed by atoms with Gasteiger partial charge < -0.3 is 18.9 Å². The van der Waals surface area contributed by atoms with E-state index in [4.69, 9.17) is 18.9 Å². The molecule has 166 valence electrons. The third-order valence-electron chi connectivity index (χ3n) is 4.25. The number of carbonyl (C=O) groups excluding carboxylic acids is 1. The molecule has 0 N–H and O–H groups in total. The van der Waals surface area contributed by atoms with Crippen LogP contribution in [0.15, 0.2) is 24.3 Å². The lowest BCUT2D eigenvalue weighted by molar-refractivity contribution is -0.160. The lowest BCUT2D eigenvalue weighted by atomic mass is 10.0. The van der Waals surface area contributed by atoms with Crippen molar-refractivity contribution in [3.8, 4) is 5.75 Å². The van der Waals surface area contributed by atoms with Gasteiger partial charge in [0.05, 0.1) is 19.8 Å². The van der Waals surface area contributed by atoms with Crippen molar-refractivity contribution in [1.82, 2.24) is 0 Å². The molecule has 0 atom stereocenters. The summed E-state index contributed by atoms with van der Waals surface area (Å²) in [4.78, 5) is 11.5. The third-order valence-corrected chi connectivity index (χ3v) is 4.25. The Morgan fingerprint density at radius 1 is 0.828 bits per heavy atom. The standard InChI is InChI=1S/C24H40O5/c1-5-6-7-8-9-10-11-21-12-14-22(15-13-21)28-19-18-26-16-17-27-20-23(25)29-24(2,3)4/h12-15H,5-11,16-20H2,1-4H3. The van der Waals surface area contributed by atoms with Crippen molar-refractivity contribution in [1.29, 1.82) is 0 Å². The number of hydrogen-bond acceptors (Lipinski definition) is 5. The van der Waals surface area contributed by atoms with Crippen LogP contribution in [0, 0.1) is 0 Å². The average molecular weight is 409 g/mol. The van der Waals surface area contributed by atoms with Crippen LogP contribution in [0.3, 0.4) is 0 Å². The van der Waals surface area contributed by atoms with Crippen LogP contribution in [0.4, 0.5) is 0 Å². The third kappa shape index (κ3) is 15.0. The van der Waals surface area contributed by atoms with Crippen molar-refractivity contribution in [3.05, 3.63) is 29.8 Å². The second-order valence-electron chi connectivity index (χ2n) is 8.26. The Kier molecular flexibility index (Phi) is 13.4. The van der Waals surface area contributed by atoms with E-state index in [-0.39, 0.29) is 12.6 Å². The summed E-state index contributed by atoms with van der Waals surface area (Å²) >= 11 is 0. The van der Waals surface area contributed by atoms with E-state index < -0.39 is 5.60 Å². The lowest BCUT2D eigenvalue weighted by Crippen LogP contribution is -2.27. The monoisotopic (exact) mass is 408 g/mol. The Morgan fingerprint density at radius 3 is 2.14 bits per heavy atom. The van der Waals surface area contributed by atoms with Crippen LogP contribution in [0.5, 0.6) is 5.75 Å². The number of rotatable bonds is 16. The summed E-state index contributed by atoms with van der Waals surface area (Å²) in [6.45, 7) is 9.43. The van der Waals surface area contributed by atoms with Gasteiger partial charge in [0.2, 0.25) is 0 Å². The number of esters is 1. The van der Waals surface area contributed by atoms with Crippen molar-refractivity contribution in [2.75, 3.05) is 33.0 Å². The van der Waals surface area contributed by atoms with Crippen LogP contribution in [0.25, 0.3) is 0 Å². The second-order valence-corrected chi connectivity index (χ2v) is 8.26. The molecule has 0 aliphatic carbocycles. The molecule has 1 aromatic rings. The maximum Gasteiger partial charge on any atom is 0.332 e. The zero-order chi connectivity index (χ0) is 21.4. The first-order chi connectivity index (χ1) is 13.9. The summed E-state index contributed by atoms with van der Waals surface area (Å²) < 4.78 is 21.5. The minimum absolute atomic E-state index is 0.0534. The van der Waals surface area contributed by atoms with Gasteiger partial charge in [-0.1, -0.05) is 51.2 Å². The predicted octanol–water partition coefficient (Wildman–Crippen LogP) is 5.34. The van der Waals surface area contributed by atoms with E-state index in [1.54, 1.807) is 0 Å². The summed E-state index contributed by atoms with van der Waals surface area (Å²) in [6.07, 6.45) is 9.08. The fraction of sp³-hybridized carbons (Fsp3) is 0.708. The van der Waals surface area contributed by atoms with E-state index >= 15 is 0 Å². The van der Waals surface area contributed by atoms with E-state index in [9.17, 15) is 4.79 Å². The highest BCUT2D eigenvalue weighted by Crippen LogP contribution is 2.15. The molecule has 0 amide bonds. The molecule has 0 aromatic heterocycles. The average Bonchev–Trinajstić information content (AvgIpc) is 2.66. The van der Waals surface area contributed by atoms with Crippen molar-refractivity contribution in [3.63, 3.8) is 0 Å². The zero-order valence-corrected chi connectivity index (χ0v) is 18.8. The molecule has 5 heteroatoms. The van der Waals surface area contributed by atoms with Crippen molar-refractivity contribution < 1.29 is 23.7 Å². The number of unbranched alkanes of at least 4 members (excludes halogenated alkanes) is 5. The van der Waals surface area contributed by atoms with Gasteiger partial charge in [-0.05, 0) is 51.3 Å². The van der Waals surface area contributed by atoms with Gasteiger partial charge in [-0.3, -0.25) is 0 Å². The van der Waals surface area contributed by atoms with Gasteiger partial charge in [0.1, 0.15) is 24.6 Å². The Bertz CT molecular complexity index is 533. The molecule has 1 aromatic carbocycles. The first-order valence-corrected chi connectivity index (χ1v) is 11.0. The van der Waals surface area contributed by atoms with Gasteiger partial charge in [-0.2, -0.15) is 0 Å². The smallest absolute Gasteiger partial charge is 0.332 e. The number of carbonyl (C=O) groups is 1. The molecular weight excluding hydrogens is 368 g/mol. The minimum Gasteiger partial charge on any atom is -0.491 e. The lowest BCUT2D eigenvalue weighted by Gasteiger charge is -2.19. The molecule has 29 heavy (non-hydrogen) atoms. The van der Waals surface area contributed by atoms with Gasteiger partial charge in [0.25, 0.3) is 0 Å². The molecule has 0 bridgehead atoms. The number of aryl methyl sites for hydroxylation is 1. The minimum atomic E-state index is -0.485. The molecular formula is C24H40O5. The van der Waals surface area contributed by atoms with Crippen LogP contribution in [0.2, 0.25) is 0 Å². The van der Waals surface area contributed by atoms with Crippen LogP contribution < -0.4 is 4.74 Å². The highest BCUT2D eigenvalue weighted by atomic mass is 16.6. The summed E-state index contributed by atoms with van der Waals surface area (Å²) in [5.41, 5.74) is 0.881. The van der Waals surface area contributed by atoms with Crippen molar-refractivity contribution >= 4 is 5.97 Å². The van der Waals surface area contributed by atoms with E-state index in [0.29, 0.717) is 26.4 Å². The molecule has 0 saturated carbocycles. The van der Waals surface area contributed by atoms with E-state index in [2.05, 4.69) is 19.1 Å². The second kappa shape index (κ2) is 15.3. The Balaban J connectivity index is 2.00. The van der Waals surface area contributed by atoms with Crippen molar-refractivity contribution in [2.45, 2.75) is 78.2 Å². The van der Waals surface area contributed by atoms with E-state index in [0.717, 1.165) is 12.2 Å². The maximum atomic E-state index is 11.5. The van der Waals surface area contributed by atoms with Crippen LogP contribution in [-0.4, -0.2) is 44.6 Å². The van der Waals surface area contributed by atoms with Gasteiger partial charge in [-0.15, -0.1) is 0 Å². The topological polar surface area (TPSA) is 54.0 Å². The van der Waals surface area contributed by atoms with Gasteiger partial charge in [0, 0.05) is 0 Å². The molecule has 0 fully saturated rings. The number of hydrogen-bond donors (Lipinski definition) is 0. The molecule has 0 aliphatic heterocycles. The predicted molar refractivity (Wildman–Crippen MR) is 117 cm³/mol. The van der Waals surface area contributed by atoms with Gasteiger partial charge in [-0.25, -0.2) is 4.79 Å². The largest absolute Gasteiger partial charge is 0.491 e. The van der Waals surface area contributed by atoms with Gasteiger partial charge >= 0.3 is 5.97 Å². The fourth-order valence-corrected chi connectivity index (χ4v) is 2.83. The molecule has 0 aliphatic rings. The Hall–Kier alpha value is -1.59. The first-order valence-electron chi connectivity index (χ1n) is 11.0. The highest BCUT2D eigenvalue weighted by molar-refractivity contribution is 5.71. The molecule has 0 saturated heterocycles. The summed E-state index contributed by atoms with van der Waals surface area (Å²) in [5.74, 6) is 0.502. The summed E-state index contributed by atoms with van der Waals surface area (Å²) in [7, 11) is 0. The molecule has 0 unspecified atom stereocenters. The maximum absolute atomic E-state index is 11.5. The van der Waals surface area contributed by atoms with Crippen LogP contribution in [0.1, 0.15) is 71.8 Å². The molecule has 0 heterocycles. The molecule has 0 radical (unpaired) electrons. The fourth-order valence-electron chi connectivity index (χ4n) is 2.83. The Labute approximate surface area is 177 Å². The zero-order valence-electron chi connectivity index (χ0n) is 18.8. The SMILES string of the molecule is CCCCCCCCc1ccc(OCCOCCOCC(=O)OC(C)(C)C)cc1. The first kappa shape index (κ1) is 25.4. The van der Waals surface area contributed by atoms with E-state index in [1.165, 1.54) is 44.1 Å². The summed E-state index contributed by atoms with van der Waals surface area (Å²) in [5, 5.41) is 0. The number of ether oxygens (including phenoxy) is 4. The molecule has 0 spiro atoms. The van der Waals surface area contributed by atoms with Crippen LogP contribution in [-0.2, 0) is 25.4 Å². The quantitative estimate of drug-likeness (QED) is 0.273. The summed E-state index contributed by atoms with van der Waals surface area (Å²) in [6, 6.07) is 8.34. The molecule has 5 nitrogen and oxygen atoms in total. The van der Waals surface area contributed by atoms with Crippen molar-refractivity contribution in [2.24, 2.45) is 0 Å². The highest BCUT2D eigenvalue weighted by Gasteiger charge is 2.15. The van der Waals surface area contributed by atoms with Crippen LogP contribution >= 0.6 is 0 Å². The molecule has 1 rings (SSSR count). The van der Waals surface area contributed by atoms with E-state index in [1.807, 2.05) is 32.9 Å².